The van der Waals surface area contributed by atoms with Crippen molar-refractivity contribution in [3.8, 4) is 5.75 Å². The first-order chi connectivity index (χ1) is 14.6. The summed E-state index contributed by atoms with van der Waals surface area (Å²) in [6.45, 7) is 7.28. The lowest BCUT2D eigenvalue weighted by atomic mass is 10.1. The summed E-state index contributed by atoms with van der Waals surface area (Å²) in [5.41, 5.74) is 0.361. The standard InChI is InChI=1S/C23H25N3O5/c1-15(13-16-11-12-24-21(14-16)25-22(27)31-23(2,3)4)30-20-10-9-19(26(28)29)17-7-5-6-8-18(17)20/h5-12,14-15H,13H2,1-4H3,(H,24,25,27). The van der Waals surface area contributed by atoms with Gasteiger partial charge in [0.05, 0.1) is 16.4 Å². The molecule has 1 atom stereocenters. The fraction of sp³-hybridized carbons (Fsp3) is 0.304. The van der Waals surface area contributed by atoms with E-state index >= 15 is 0 Å². The van der Waals surface area contributed by atoms with E-state index in [1.165, 1.54) is 6.07 Å². The molecule has 1 aromatic heterocycles. The summed E-state index contributed by atoms with van der Waals surface area (Å²) >= 11 is 0. The molecule has 1 N–H and O–H groups in total. The minimum absolute atomic E-state index is 0.0441. The van der Waals surface area contributed by atoms with Crippen LogP contribution in [-0.4, -0.2) is 27.7 Å². The second-order valence-corrected chi connectivity index (χ2v) is 8.19. The summed E-state index contributed by atoms with van der Waals surface area (Å²) in [5, 5.41) is 15.1. The van der Waals surface area contributed by atoms with Crippen LogP contribution < -0.4 is 10.1 Å². The van der Waals surface area contributed by atoms with Gasteiger partial charge >= 0.3 is 6.09 Å². The average Bonchev–Trinajstić information content (AvgIpc) is 2.66. The minimum Gasteiger partial charge on any atom is -0.490 e. The summed E-state index contributed by atoms with van der Waals surface area (Å²) in [6.07, 6.45) is 1.37. The maximum absolute atomic E-state index is 12.0. The molecule has 0 fully saturated rings. The summed E-state index contributed by atoms with van der Waals surface area (Å²) in [6, 6.07) is 13.8. The Labute approximate surface area is 180 Å². The van der Waals surface area contributed by atoms with Gasteiger partial charge in [-0.25, -0.2) is 9.78 Å². The molecule has 1 heterocycles. The number of nitro benzene ring substituents is 1. The molecule has 0 aliphatic heterocycles. The van der Waals surface area contributed by atoms with Crippen LogP contribution >= 0.6 is 0 Å². The third kappa shape index (κ3) is 5.91. The van der Waals surface area contributed by atoms with Crippen molar-refractivity contribution in [2.45, 2.75) is 45.8 Å². The molecule has 0 radical (unpaired) electrons. The summed E-state index contributed by atoms with van der Waals surface area (Å²) < 4.78 is 11.3. The molecule has 0 saturated heterocycles. The smallest absolute Gasteiger partial charge is 0.413 e. The zero-order valence-electron chi connectivity index (χ0n) is 17.9. The summed E-state index contributed by atoms with van der Waals surface area (Å²) in [5.74, 6) is 0.967. The van der Waals surface area contributed by atoms with Crippen molar-refractivity contribution < 1.29 is 19.2 Å². The zero-order chi connectivity index (χ0) is 22.6. The van der Waals surface area contributed by atoms with Gasteiger partial charge in [-0.3, -0.25) is 15.4 Å². The van der Waals surface area contributed by atoms with Gasteiger partial charge in [-0.2, -0.15) is 0 Å². The van der Waals surface area contributed by atoms with Crippen molar-refractivity contribution in [3.63, 3.8) is 0 Å². The lowest BCUT2D eigenvalue weighted by Gasteiger charge is -2.19. The fourth-order valence-electron chi connectivity index (χ4n) is 3.19. The van der Waals surface area contributed by atoms with E-state index in [-0.39, 0.29) is 11.8 Å². The molecule has 0 aliphatic carbocycles. The SMILES string of the molecule is CC(Cc1ccnc(NC(=O)OC(C)(C)C)c1)Oc1ccc([N+](=O)[O-])c2ccccc12. The Morgan fingerprint density at radius 2 is 1.87 bits per heavy atom. The van der Waals surface area contributed by atoms with Gasteiger partial charge in [0.15, 0.2) is 0 Å². The second kappa shape index (κ2) is 8.99. The van der Waals surface area contributed by atoms with Crippen molar-refractivity contribution in [1.29, 1.82) is 0 Å². The van der Waals surface area contributed by atoms with Gasteiger partial charge in [0.25, 0.3) is 5.69 Å². The van der Waals surface area contributed by atoms with Crippen LogP contribution in [-0.2, 0) is 11.2 Å². The maximum Gasteiger partial charge on any atom is 0.413 e. The van der Waals surface area contributed by atoms with Crippen molar-refractivity contribution in [3.05, 3.63) is 70.4 Å². The van der Waals surface area contributed by atoms with Crippen molar-refractivity contribution >= 4 is 28.4 Å². The molecule has 2 aromatic carbocycles. The molecule has 0 aliphatic rings. The van der Waals surface area contributed by atoms with Gasteiger partial charge in [0.2, 0.25) is 0 Å². The van der Waals surface area contributed by atoms with E-state index in [2.05, 4.69) is 10.3 Å². The number of carbonyl (C=O) groups is 1. The Bertz CT molecular complexity index is 1110. The number of amides is 1. The van der Waals surface area contributed by atoms with Crippen LogP contribution in [0.1, 0.15) is 33.3 Å². The van der Waals surface area contributed by atoms with E-state index in [0.29, 0.717) is 28.8 Å². The van der Waals surface area contributed by atoms with Gasteiger partial charge in [0, 0.05) is 24.1 Å². The highest BCUT2D eigenvalue weighted by atomic mass is 16.6. The summed E-state index contributed by atoms with van der Waals surface area (Å²) in [4.78, 5) is 27.0. The number of aromatic nitrogens is 1. The number of nitrogens with one attached hydrogen (secondary N) is 1. The van der Waals surface area contributed by atoms with E-state index < -0.39 is 16.6 Å². The first-order valence-electron chi connectivity index (χ1n) is 9.90. The van der Waals surface area contributed by atoms with Crippen LogP contribution in [0.25, 0.3) is 10.8 Å². The Hall–Kier alpha value is -3.68. The van der Waals surface area contributed by atoms with E-state index in [1.807, 2.05) is 19.1 Å². The van der Waals surface area contributed by atoms with E-state index in [4.69, 9.17) is 9.47 Å². The molecule has 162 valence electrons. The largest absolute Gasteiger partial charge is 0.490 e. The molecule has 0 bridgehead atoms. The van der Waals surface area contributed by atoms with Crippen LogP contribution in [0.5, 0.6) is 5.75 Å². The van der Waals surface area contributed by atoms with Crippen molar-refractivity contribution in [2.75, 3.05) is 5.32 Å². The monoisotopic (exact) mass is 423 g/mol. The molecule has 3 aromatic rings. The first kappa shape index (κ1) is 22.0. The number of pyridine rings is 1. The number of non-ortho nitro benzene ring substituents is 1. The number of ether oxygens (including phenoxy) is 2. The Kier molecular flexibility index (Phi) is 6.39. The molecule has 1 unspecified atom stereocenters. The molecule has 8 nitrogen and oxygen atoms in total. The van der Waals surface area contributed by atoms with E-state index in [1.54, 1.807) is 57.3 Å². The molecule has 0 spiro atoms. The Morgan fingerprint density at radius 3 is 2.55 bits per heavy atom. The van der Waals surface area contributed by atoms with Crippen LogP contribution in [0, 0.1) is 10.1 Å². The number of hydrogen-bond donors (Lipinski definition) is 1. The molecule has 3 rings (SSSR count). The first-order valence-corrected chi connectivity index (χ1v) is 9.90. The number of nitro groups is 1. The predicted octanol–water partition coefficient (Wildman–Crippen LogP) is 5.50. The Morgan fingerprint density at radius 1 is 1.16 bits per heavy atom. The number of rotatable bonds is 6. The normalized spacial score (nSPS) is 12.3. The van der Waals surface area contributed by atoms with Crippen LogP contribution in [0.3, 0.4) is 0 Å². The molecule has 0 saturated carbocycles. The lowest BCUT2D eigenvalue weighted by molar-refractivity contribution is -0.383. The lowest BCUT2D eigenvalue weighted by Crippen LogP contribution is -2.27. The minimum atomic E-state index is -0.600. The van der Waals surface area contributed by atoms with Crippen molar-refractivity contribution in [1.82, 2.24) is 4.98 Å². The molecule has 8 heteroatoms. The number of fused-ring (bicyclic) bond motifs is 1. The Balaban J connectivity index is 1.72. The molecular formula is C23H25N3O5. The number of carbonyl (C=O) groups excluding carboxylic acids is 1. The van der Waals surface area contributed by atoms with Crippen molar-refractivity contribution in [2.24, 2.45) is 0 Å². The fourth-order valence-corrected chi connectivity index (χ4v) is 3.19. The van der Waals surface area contributed by atoms with Gasteiger partial charge in [-0.1, -0.05) is 18.2 Å². The van der Waals surface area contributed by atoms with Crippen LogP contribution in [0.4, 0.5) is 16.3 Å². The highest BCUT2D eigenvalue weighted by Crippen LogP contribution is 2.33. The number of hydrogen-bond acceptors (Lipinski definition) is 6. The molecular weight excluding hydrogens is 398 g/mol. The average molecular weight is 423 g/mol. The van der Waals surface area contributed by atoms with Gasteiger partial charge in [-0.15, -0.1) is 0 Å². The predicted molar refractivity (Wildman–Crippen MR) is 118 cm³/mol. The third-order valence-electron chi connectivity index (χ3n) is 4.36. The molecule has 1 amide bonds. The third-order valence-corrected chi connectivity index (χ3v) is 4.36. The highest BCUT2D eigenvalue weighted by Gasteiger charge is 2.18. The topological polar surface area (TPSA) is 104 Å². The van der Waals surface area contributed by atoms with Gasteiger partial charge < -0.3 is 9.47 Å². The second-order valence-electron chi connectivity index (χ2n) is 8.19. The van der Waals surface area contributed by atoms with E-state index in [9.17, 15) is 14.9 Å². The molecule has 31 heavy (non-hydrogen) atoms. The number of benzene rings is 2. The highest BCUT2D eigenvalue weighted by molar-refractivity contribution is 5.95. The van der Waals surface area contributed by atoms with Crippen LogP contribution in [0.2, 0.25) is 0 Å². The number of nitrogens with zero attached hydrogens (tertiary/aromatic N) is 2. The van der Waals surface area contributed by atoms with E-state index in [0.717, 1.165) is 5.56 Å². The zero-order valence-corrected chi connectivity index (χ0v) is 17.9. The van der Waals surface area contributed by atoms with Gasteiger partial charge in [0.1, 0.15) is 17.2 Å². The van der Waals surface area contributed by atoms with Crippen LogP contribution in [0.15, 0.2) is 54.7 Å². The maximum atomic E-state index is 12.0. The number of anilines is 1. The van der Waals surface area contributed by atoms with Gasteiger partial charge in [-0.05, 0) is 57.5 Å². The quantitative estimate of drug-likeness (QED) is 0.415. The summed E-state index contributed by atoms with van der Waals surface area (Å²) in [7, 11) is 0.